The van der Waals surface area contributed by atoms with Gasteiger partial charge in [-0.15, -0.1) is 0 Å². The highest BCUT2D eigenvalue weighted by Crippen LogP contribution is 2.34. The molecule has 1 saturated heterocycles. The lowest BCUT2D eigenvalue weighted by Crippen LogP contribution is -2.25. The molecule has 3 nitrogen and oxygen atoms in total. The van der Waals surface area contributed by atoms with Gasteiger partial charge in [0.2, 0.25) is 0 Å². The Kier molecular flexibility index (Phi) is 3.21. The summed E-state index contributed by atoms with van der Waals surface area (Å²) in [4.78, 5) is 10.5. The van der Waals surface area contributed by atoms with Gasteiger partial charge in [-0.3, -0.25) is 9.88 Å². The fourth-order valence-corrected chi connectivity index (χ4v) is 2.23. The zero-order chi connectivity index (χ0) is 10.7. The number of aromatic nitrogens is 1. The number of hydrogen-bond acceptors (Lipinski definition) is 4. The van der Waals surface area contributed by atoms with Crippen LogP contribution in [0.3, 0.4) is 0 Å². The lowest BCUT2D eigenvalue weighted by molar-refractivity contribution is 0.250. The Balaban J connectivity index is 2.17. The van der Waals surface area contributed by atoms with E-state index in [0.717, 1.165) is 12.8 Å². The van der Waals surface area contributed by atoms with Gasteiger partial charge in [0.25, 0.3) is 0 Å². The first-order chi connectivity index (χ1) is 7.33. The van der Waals surface area contributed by atoms with Gasteiger partial charge < -0.3 is 0 Å². The van der Waals surface area contributed by atoms with Crippen LogP contribution in [0.4, 0.5) is 0 Å². The van der Waals surface area contributed by atoms with Crippen molar-refractivity contribution in [3.63, 3.8) is 0 Å². The van der Waals surface area contributed by atoms with Crippen LogP contribution >= 0.6 is 12.2 Å². The third-order valence-corrected chi connectivity index (χ3v) is 3.04. The topological polar surface area (TPSA) is 28.5 Å². The first kappa shape index (κ1) is 10.4. The van der Waals surface area contributed by atoms with Crippen LogP contribution in [-0.4, -0.2) is 28.3 Å². The normalized spacial score (nSPS) is 26.2. The van der Waals surface area contributed by atoms with E-state index in [1.54, 1.807) is 6.20 Å². The summed E-state index contributed by atoms with van der Waals surface area (Å²) in [6.45, 7) is 0. The molecule has 2 heterocycles. The maximum Gasteiger partial charge on any atom is 0.113 e. The number of pyridine rings is 1. The summed E-state index contributed by atoms with van der Waals surface area (Å²) in [6.07, 6.45) is 6.05. The third kappa shape index (κ3) is 2.12. The molecule has 0 aromatic carbocycles. The van der Waals surface area contributed by atoms with Gasteiger partial charge >= 0.3 is 0 Å². The summed E-state index contributed by atoms with van der Waals surface area (Å²) < 4.78 is 0. The Hall–Kier alpha value is -1.09. The van der Waals surface area contributed by atoms with E-state index in [2.05, 4.69) is 45.4 Å². The van der Waals surface area contributed by atoms with Crippen molar-refractivity contribution in [2.24, 2.45) is 4.99 Å². The highest BCUT2D eigenvalue weighted by atomic mass is 32.1. The van der Waals surface area contributed by atoms with Crippen LogP contribution in [-0.2, 0) is 0 Å². The van der Waals surface area contributed by atoms with Crippen molar-refractivity contribution in [3.8, 4) is 0 Å². The average Bonchev–Trinajstić information content (AvgIpc) is 2.63. The minimum absolute atomic E-state index is 0.188. The molecule has 0 unspecified atom stereocenters. The summed E-state index contributed by atoms with van der Waals surface area (Å²) in [6, 6.07) is 4.49. The minimum Gasteiger partial charge on any atom is -0.277 e. The standard InChI is InChI=1S/C11H13N3S/c1-14-10(4-5-11(14)13-8-15)9-3-2-6-12-7-9/h2-3,6-7,10-11H,4-5H2,1H3/t10-,11+/m0/s1. The highest BCUT2D eigenvalue weighted by Gasteiger charge is 2.30. The molecule has 4 heteroatoms. The Morgan fingerprint density at radius 2 is 2.47 bits per heavy atom. The Bertz CT molecular complexity index is 373. The van der Waals surface area contributed by atoms with E-state index in [4.69, 9.17) is 0 Å². The molecule has 0 radical (unpaired) electrons. The van der Waals surface area contributed by atoms with Crippen molar-refractivity contribution >= 4 is 17.4 Å². The second-order valence-electron chi connectivity index (χ2n) is 3.75. The Morgan fingerprint density at radius 3 is 3.13 bits per heavy atom. The minimum atomic E-state index is 0.188. The maximum absolute atomic E-state index is 4.64. The van der Waals surface area contributed by atoms with Crippen LogP contribution in [0.1, 0.15) is 24.4 Å². The Morgan fingerprint density at radius 1 is 1.60 bits per heavy atom. The van der Waals surface area contributed by atoms with E-state index >= 15 is 0 Å². The van der Waals surface area contributed by atoms with E-state index in [0.29, 0.717) is 6.04 Å². The van der Waals surface area contributed by atoms with E-state index in [-0.39, 0.29) is 6.17 Å². The molecule has 1 aliphatic heterocycles. The smallest absolute Gasteiger partial charge is 0.113 e. The summed E-state index contributed by atoms with van der Waals surface area (Å²) in [5.41, 5.74) is 1.25. The Labute approximate surface area is 94.8 Å². The van der Waals surface area contributed by atoms with Crippen LogP contribution in [0.2, 0.25) is 0 Å². The van der Waals surface area contributed by atoms with Crippen LogP contribution < -0.4 is 0 Å². The lowest BCUT2D eigenvalue weighted by Gasteiger charge is -2.22. The number of isothiocyanates is 1. The zero-order valence-electron chi connectivity index (χ0n) is 8.63. The van der Waals surface area contributed by atoms with Crippen molar-refractivity contribution < 1.29 is 0 Å². The van der Waals surface area contributed by atoms with Crippen molar-refractivity contribution in [2.45, 2.75) is 25.0 Å². The van der Waals surface area contributed by atoms with Crippen LogP contribution in [0.25, 0.3) is 0 Å². The number of thiocarbonyl (C=S) groups is 1. The monoisotopic (exact) mass is 219 g/mol. The van der Waals surface area contributed by atoms with Gasteiger partial charge in [-0.05, 0) is 43.7 Å². The highest BCUT2D eigenvalue weighted by molar-refractivity contribution is 7.78. The molecule has 1 aliphatic rings. The molecule has 1 aromatic rings. The molecule has 0 bridgehead atoms. The summed E-state index contributed by atoms with van der Waals surface area (Å²) >= 11 is 4.64. The van der Waals surface area contributed by atoms with Crippen LogP contribution in [0.15, 0.2) is 29.5 Å². The number of aliphatic imine (C=N–C) groups is 1. The fraction of sp³-hybridized carbons (Fsp3) is 0.455. The van der Waals surface area contributed by atoms with Gasteiger partial charge in [-0.25, -0.2) is 4.99 Å². The second kappa shape index (κ2) is 4.62. The first-order valence-electron chi connectivity index (χ1n) is 5.02. The number of likely N-dealkylation sites (tertiary alicyclic amines) is 1. The van der Waals surface area contributed by atoms with Gasteiger partial charge in [-0.1, -0.05) is 6.07 Å². The SMILES string of the molecule is CN1[C@@H](N=C=S)CC[C@H]1c1cccnc1. The fourth-order valence-electron chi connectivity index (χ4n) is 2.11. The van der Waals surface area contributed by atoms with Crippen molar-refractivity contribution in [2.75, 3.05) is 7.05 Å². The average molecular weight is 219 g/mol. The predicted molar refractivity (Wildman–Crippen MR) is 62.8 cm³/mol. The summed E-state index contributed by atoms with van der Waals surface area (Å²) in [5, 5.41) is 2.46. The molecule has 0 amide bonds. The van der Waals surface area contributed by atoms with E-state index in [9.17, 15) is 0 Å². The largest absolute Gasteiger partial charge is 0.277 e. The van der Waals surface area contributed by atoms with E-state index < -0.39 is 0 Å². The van der Waals surface area contributed by atoms with Crippen molar-refractivity contribution in [1.82, 2.24) is 9.88 Å². The molecule has 0 spiro atoms. The van der Waals surface area contributed by atoms with E-state index in [1.807, 2.05) is 12.3 Å². The van der Waals surface area contributed by atoms with Gasteiger partial charge in [-0.2, -0.15) is 0 Å². The van der Waals surface area contributed by atoms with Gasteiger partial charge in [0.15, 0.2) is 0 Å². The number of nitrogens with zero attached hydrogens (tertiary/aromatic N) is 3. The van der Waals surface area contributed by atoms with Crippen molar-refractivity contribution in [3.05, 3.63) is 30.1 Å². The van der Waals surface area contributed by atoms with Gasteiger partial charge in [0.05, 0.1) is 5.16 Å². The van der Waals surface area contributed by atoms with Crippen molar-refractivity contribution in [1.29, 1.82) is 0 Å². The second-order valence-corrected chi connectivity index (χ2v) is 3.93. The molecule has 1 fully saturated rings. The van der Waals surface area contributed by atoms with Crippen LogP contribution in [0.5, 0.6) is 0 Å². The first-order valence-corrected chi connectivity index (χ1v) is 5.42. The van der Waals surface area contributed by atoms with Gasteiger partial charge in [0, 0.05) is 18.4 Å². The predicted octanol–water partition coefficient (Wildman–Crippen LogP) is 2.28. The number of rotatable bonds is 2. The van der Waals surface area contributed by atoms with Crippen LogP contribution in [0, 0.1) is 0 Å². The molecule has 1 aromatic heterocycles. The molecule has 0 N–H and O–H groups in total. The maximum atomic E-state index is 4.64. The summed E-state index contributed by atoms with van der Waals surface area (Å²) in [7, 11) is 2.07. The molecule has 2 atom stereocenters. The van der Waals surface area contributed by atoms with Gasteiger partial charge in [0.1, 0.15) is 6.17 Å². The molecular weight excluding hydrogens is 206 g/mol. The number of hydrogen-bond donors (Lipinski definition) is 0. The molecule has 0 saturated carbocycles. The summed E-state index contributed by atoms with van der Waals surface area (Å²) in [5.74, 6) is 0. The molecular formula is C11H13N3S. The molecule has 78 valence electrons. The molecule has 2 rings (SSSR count). The third-order valence-electron chi connectivity index (χ3n) is 2.93. The lowest BCUT2D eigenvalue weighted by atomic mass is 10.1. The molecule has 0 aliphatic carbocycles. The van der Waals surface area contributed by atoms with E-state index in [1.165, 1.54) is 5.56 Å². The molecule has 15 heavy (non-hydrogen) atoms. The quantitative estimate of drug-likeness (QED) is 0.564. The zero-order valence-corrected chi connectivity index (χ0v) is 9.44.